The molecule has 3 aromatic carbocycles. The summed E-state index contributed by atoms with van der Waals surface area (Å²) in [4.78, 5) is 13.4. The summed E-state index contributed by atoms with van der Waals surface area (Å²) in [5.41, 5.74) is 4.28. The molecule has 1 aromatic heterocycles. The van der Waals surface area contributed by atoms with Gasteiger partial charge in [0.2, 0.25) is 10.0 Å². The zero-order valence-corrected chi connectivity index (χ0v) is 20.8. The predicted molar refractivity (Wildman–Crippen MR) is 138 cm³/mol. The molecule has 8 heteroatoms. The van der Waals surface area contributed by atoms with Crippen molar-refractivity contribution >= 4 is 60.3 Å². The molecule has 0 unspecified atom stereocenters. The first-order valence-corrected chi connectivity index (χ1v) is 13.3. The maximum atomic E-state index is 12.9. The lowest BCUT2D eigenvalue weighted by Crippen LogP contribution is -2.29. The van der Waals surface area contributed by atoms with E-state index in [4.69, 9.17) is 11.6 Å². The van der Waals surface area contributed by atoms with E-state index in [0.29, 0.717) is 15.6 Å². The molecule has 1 N–H and O–H groups in total. The maximum absolute atomic E-state index is 12.9. The van der Waals surface area contributed by atoms with Gasteiger partial charge in [-0.25, -0.2) is 8.42 Å². The second kappa shape index (κ2) is 9.17. The summed E-state index contributed by atoms with van der Waals surface area (Å²) < 4.78 is 27.4. The third-order valence-corrected chi connectivity index (χ3v) is 8.01. The molecule has 0 saturated heterocycles. The van der Waals surface area contributed by atoms with Crippen LogP contribution in [0, 0.1) is 13.8 Å². The summed E-state index contributed by atoms with van der Waals surface area (Å²) >= 11 is 7.33. The average Bonchev–Trinajstić information content (AvgIpc) is 3.19. The molecule has 0 radical (unpaired) electrons. The Morgan fingerprint density at radius 2 is 1.76 bits per heavy atom. The molecule has 0 aliphatic rings. The smallest absolute Gasteiger partial charge is 0.265 e. The van der Waals surface area contributed by atoms with Gasteiger partial charge >= 0.3 is 0 Å². The van der Waals surface area contributed by atoms with Crippen molar-refractivity contribution in [2.45, 2.75) is 20.4 Å². The quantitative estimate of drug-likeness (QED) is 0.335. The van der Waals surface area contributed by atoms with Gasteiger partial charge in [-0.05, 0) is 78.4 Å². The summed E-state index contributed by atoms with van der Waals surface area (Å²) in [6.45, 7) is 4.16. The number of hydrogen-bond acceptors (Lipinski definition) is 4. The van der Waals surface area contributed by atoms with E-state index in [1.54, 1.807) is 42.5 Å². The van der Waals surface area contributed by atoms with Crippen molar-refractivity contribution in [3.63, 3.8) is 0 Å². The zero-order chi connectivity index (χ0) is 23.8. The van der Waals surface area contributed by atoms with Crippen molar-refractivity contribution in [2.24, 2.45) is 0 Å². The van der Waals surface area contributed by atoms with E-state index in [1.807, 2.05) is 38.1 Å². The van der Waals surface area contributed by atoms with Gasteiger partial charge in [-0.2, -0.15) is 0 Å². The van der Waals surface area contributed by atoms with Crippen LogP contribution in [0.5, 0.6) is 0 Å². The number of nitrogens with zero attached hydrogens (tertiary/aromatic N) is 1. The molecule has 0 aliphatic carbocycles. The third kappa shape index (κ3) is 5.21. The van der Waals surface area contributed by atoms with Gasteiger partial charge in [0, 0.05) is 15.4 Å². The second-order valence-corrected chi connectivity index (χ2v) is 11.4. The van der Waals surface area contributed by atoms with Crippen molar-refractivity contribution in [3.05, 3.63) is 93.3 Å². The molecule has 0 bridgehead atoms. The Hall–Kier alpha value is -2.87. The Labute approximate surface area is 202 Å². The fourth-order valence-corrected chi connectivity index (χ4v) is 5.47. The lowest BCUT2D eigenvalue weighted by Gasteiger charge is -2.22. The average molecular weight is 499 g/mol. The SMILES string of the molecule is Cc1cccc(NC(=O)c2cc3cc(N(Cc4ccc(Cl)cc4)S(C)(=O)=O)ccc3s2)c1C. The normalized spacial score (nSPS) is 11.5. The molecular formula is C25H23ClN2O3S2. The highest BCUT2D eigenvalue weighted by atomic mass is 35.5. The molecule has 5 nitrogen and oxygen atoms in total. The molecule has 0 aliphatic heterocycles. The Balaban J connectivity index is 1.63. The summed E-state index contributed by atoms with van der Waals surface area (Å²) in [5.74, 6) is -0.187. The molecule has 33 heavy (non-hydrogen) atoms. The minimum Gasteiger partial charge on any atom is -0.321 e. The number of hydrogen-bond donors (Lipinski definition) is 1. The molecule has 1 amide bonds. The number of nitrogens with one attached hydrogen (secondary N) is 1. The Morgan fingerprint density at radius 3 is 2.45 bits per heavy atom. The van der Waals surface area contributed by atoms with E-state index in [-0.39, 0.29) is 12.5 Å². The number of sulfonamides is 1. The van der Waals surface area contributed by atoms with Gasteiger partial charge in [0.25, 0.3) is 5.91 Å². The third-order valence-electron chi connectivity index (χ3n) is 5.50. The monoisotopic (exact) mass is 498 g/mol. The van der Waals surface area contributed by atoms with Crippen LogP contribution in [0.3, 0.4) is 0 Å². The number of amides is 1. The number of thiophene rings is 1. The molecular weight excluding hydrogens is 476 g/mol. The van der Waals surface area contributed by atoms with Crippen LogP contribution in [-0.2, 0) is 16.6 Å². The largest absolute Gasteiger partial charge is 0.321 e. The molecule has 0 spiro atoms. The van der Waals surface area contributed by atoms with Crippen LogP contribution in [-0.4, -0.2) is 20.6 Å². The molecule has 170 valence electrons. The van der Waals surface area contributed by atoms with Crippen LogP contribution in [0.4, 0.5) is 11.4 Å². The number of rotatable bonds is 6. The van der Waals surface area contributed by atoms with E-state index < -0.39 is 10.0 Å². The van der Waals surface area contributed by atoms with Crippen molar-refractivity contribution in [2.75, 3.05) is 15.9 Å². The van der Waals surface area contributed by atoms with Crippen LogP contribution in [0.15, 0.2) is 66.7 Å². The predicted octanol–water partition coefficient (Wildman–Crippen LogP) is 6.39. The van der Waals surface area contributed by atoms with Gasteiger partial charge in [-0.15, -0.1) is 11.3 Å². The van der Waals surface area contributed by atoms with Gasteiger partial charge in [0.15, 0.2) is 0 Å². The van der Waals surface area contributed by atoms with Crippen molar-refractivity contribution in [3.8, 4) is 0 Å². The maximum Gasteiger partial charge on any atom is 0.265 e. The van der Waals surface area contributed by atoms with E-state index in [1.165, 1.54) is 21.9 Å². The minimum absolute atomic E-state index is 0.186. The van der Waals surface area contributed by atoms with Crippen molar-refractivity contribution < 1.29 is 13.2 Å². The van der Waals surface area contributed by atoms with Crippen LogP contribution < -0.4 is 9.62 Å². The van der Waals surface area contributed by atoms with Crippen LogP contribution in [0.2, 0.25) is 5.02 Å². The number of fused-ring (bicyclic) bond motifs is 1. The van der Waals surface area contributed by atoms with Gasteiger partial charge in [-0.3, -0.25) is 9.10 Å². The first-order chi connectivity index (χ1) is 15.6. The number of halogens is 1. The number of carbonyl (C=O) groups is 1. The van der Waals surface area contributed by atoms with Crippen molar-refractivity contribution in [1.29, 1.82) is 0 Å². The lowest BCUT2D eigenvalue weighted by molar-refractivity contribution is 0.103. The highest BCUT2D eigenvalue weighted by Crippen LogP contribution is 2.32. The van der Waals surface area contributed by atoms with E-state index in [0.717, 1.165) is 32.5 Å². The van der Waals surface area contributed by atoms with E-state index in [9.17, 15) is 13.2 Å². The second-order valence-electron chi connectivity index (χ2n) is 7.93. The Morgan fingerprint density at radius 1 is 1.03 bits per heavy atom. The van der Waals surface area contributed by atoms with Gasteiger partial charge in [-0.1, -0.05) is 35.9 Å². The molecule has 0 saturated carbocycles. The zero-order valence-electron chi connectivity index (χ0n) is 18.4. The van der Waals surface area contributed by atoms with Crippen LogP contribution in [0.1, 0.15) is 26.4 Å². The molecule has 0 atom stereocenters. The standard InChI is InChI=1S/C25H23ClN2O3S2/c1-16-5-4-6-22(17(16)2)27-25(29)24-14-19-13-21(11-12-23(19)32-24)28(33(3,30)31)15-18-7-9-20(26)10-8-18/h4-14H,15H2,1-3H3,(H,27,29). The van der Waals surface area contributed by atoms with Crippen LogP contribution >= 0.6 is 22.9 Å². The molecule has 1 heterocycles. The van der Waals surface area contributed by atoms with Gasteiger partial charge < -0.3 is 5.32 Å². The number of aryl methyl sites for hydroxylation is 1. The molecule has 4 rings (SSSR count). The highest BCUT2D eigenvalue weighted by Gasteiger charge is 2.20. The molecule has 0 fully saturated rings. The van der Waals surface area contributed by atoms with Gasteiger partial charge in [0.1, 0.15) is 0 Å². The first kappa shape index (κ1) is 23.3. The first-order valence-electron chi connectivity index (χ1n) is 10.2. The minimum atomic E-state index is -3.53. The number of carbonyl (C=O) groups excluding carboxylic acids is 1. The van der Waals surface area contributed by atoms with Crippen LogP contribution in [0.25, 0.3) is 10.1 Å². The molecule has 4 aromatic rings. The fraction of sp³-hybridized carbons (Fsp3) is 0.160. The topological polar surface area (TPSA) is 66.5 Å². The number of anilines is 2. The van der Waals surface area contributed by atoms with E-state index in [2.05, 4.69) is 5.32 Å². The summed E-state index contributed by atoms with van der Waals surface area (Å²) in [6.07, 6.45) is 1.18. The number of benzene rings is 3. The Kier molecular flexibility index (Phi) is 6.47. The summed E-state index contributed by atoms with van der Waals surface area (Å²) in [5, 5.41) is 4.39. The van der Waals surface area contributed by atoms with Gasteiger partial charge in [0.05, 0.1) is 23.4 Å². The highest BCUT2D eigenvalue weighted by molar-refractivity contribution is 7.92. The Bertz CT molecular complexity index is 1440. The summed E-state index contributed by atoms with van der Waals surface area (Å²) in [7, 11) is -3.53. The lowest BCUT2D eigenvalue weighted by atomic mass is 10.1. The van der Waals surface area contributed by atoms with Crippen molar-refractivity contribution in [1.82, 2.24) is 0 Å². The fourth-order valence-electron chi connectivity index (χ4n) is 3.52. The summed E-state index contributed by atoms with van der Waals surface area (Å²) in [6, 6.07) is 20.1. The van der Waals surface area contributed by atoms with E-state index >= 15 is 0 Å².